The predicted molar refractivity (Wildman–Crippen MR) is 52.2 cm³/mol. The highest BCUT2D eigenvalue weighted by atomic mass is 32.2. The van der Waals surface area contributed by atoms with Gasteiger partial charge in [-0.15, -0.1) is 0 Å². The fourth-order valence-corrected chi connectivity index (χ4v) is 1.86. The van der Waals surface area contributed by atoms with E-state index in [2.05, 4.69) is 0 Å². The molecule has 0 aromatic heterocycles. The number of aliphatic carboxylic acids is 1. The molecule has 0 saturated heterocycles. The maximum Gasteiger partial charge on any atom is 0.127 e. The molecular weight excluding hydrogens is 203 g/mol. The van der Waals surface area contributed by atoms with E-state index in [1.165, 1.54) is 17.8 Å². The Labute approximate surface area is 86.1 Å². The van der Waals surface area contributed by atoms with Crippen LogP contribution in [-0.4, -0.2) is 11.7 Å². The van der Waals surface area contributed by atoms with Crippen LogP contribution in [0.5, 0.6) is 0 Å². The molecule has 0 radical (unpaired) electrons. The first-order valence-electron chi connectivity index (χ1n) is 4.21. The van der Waals surface area contributed by atoms with Crippen molar-refractivity contribution in [2.24, 2.45) is 0 Å². The summed E-state index contributed by atoms with van der Waals surface area (Å²) in [6.07, 6.45) is 0.0130. The van der Waals surface area contributed by atoms with Crippen molar-refractivity contribution >= 4 is 17.7 Å². The second kappa shape index (κ2) is 5.65. The van der Waals surface area contributed by atoms with Gasteiger partial charge in [-0.05, 0) is 23.8 Å². The lowest BCUT2D eigenvalue weighted by Gasteiger charge is -2.03. The highest BCUT2D eigenvalue weighted by Gasteiger charge is 1.99. The van der Waals surface area contributed by atoms with Crippen LogP contribution in [0.4, 0.5) is 4.39 Å². The van der Waals surface area contributed by atoms with Gasteiger partial charge in [0.15, 0.2) is 0 Å². The molecule has 2 nitrogen and oxygen atoms in total. The number of rotatable bonds is 5. The van der Waals surface area contributed by atoms with E-state index in [4.69, 9.17) is 0 Å². The van der Waals surface area contributed by atoms with Crippen molar-refractivity contribution in [3.05, 3.63) is 35.6 Å². The van der Waals surface area contributed by atoms with Crippen LogP contribution >= 0.6 is 11.8 Å². The number of carbonyl (C=O) groups is 1. The summed E-state index contributed by atoms with van der Waals surface area (Å²) in [4.78, 5) is 10.1. The lowest BCUT2D eigenvalue weighted by Crippen LogP contribution is -2.22. The Morgan fingerprint density at radius 3 is 2.79 bits per heavy atom. The Kier molecular flexibility index (Phi) is 4.46. The van der Waals surface area contributed by atoms with E-state index in [-0.39, 0.29) is 12.2 Å². The molecule has 0 saturated carbocycles. The Morgan fingerprint density at radius 1 is 1.43 bits per heavy atom. The molecule has 0 aliphatic heterocycles. The Hall–Kier alpha value is -1.03. The van der Waals surface area contributed by atoms with Crippen LogP contribution in [0.25, 0.3) is 0 Å². The summed E-state index contributed by atoms with van der Waals surface area (Å²) in [7, 11) is 0. The number of thioether (sulfide) groups is 1. The van der Waals surface area contributed by atoms with E-state index in [0.29, 0.717) is 17.1 Å². The number of halogens is 1. The standard InChI is InChI=1S/C10H11FO2S/c11-9-4-2-1-3-8(9)7-14-6-5-10(12)13/h1-4H,5-7H2,(H,12,13)/p-1. The zero-order valence-corrected chi connectivity index (χ0v) is 8.35. The summed E-state index contributed by atoms with van der Waals surface area (Å²) in [6, 6.07) is 6.48. The van der Waals surface area contributed by atoms with Crippen molar-refractivity contribution < 1.29 is 14.3 Å². The number of carboxylic acid groups (broad SMARTS) is 1. The van der Waals surface area contributed by atoms with Gasteiger partial charge in [-0.25, -0.2) is 4.39 Å². The van der Waals surface area contributed by atoms with Gasteiger partial charge in [-0.1, -0.05) is 18.2 Å². The predicted octanol–water partition coefficient (Wildman–Crippen LogP) is 1.20. The van der Waals surface area contributed by atoms with E-state index in [0.717, 1.165) is 0 Å². The SMILES string of the molecule is O=C([O-])CCSCc1ccccc1F. The van der Waals surface area contributed by atoms with E-state index in [1.807, 2.05) is 0 Å². The third-order valence-electron chi connectivity index (χ3n) is 1.67. The molecule has 0 atom stereocenters. The maximum absolute atomic E-state index is 13.0. The number of carboxylic acids is 1. The number of carbonyl (C=O) groups excluding carboxylic acids is 1. The zero-order chi connectivity index (χ0) is 10.4. The summed E-state index contributed by atoms with van der Waals surface area (Å²) >= 11 is 1.39. The first kappa shape index (κ1) is 11.0. The van der Waals surface area contributed by atoms with Crippen molar-refractivity contribution in [2.45, 2.75) is 12.2 Å². The fraction of sp³-hybridized carbons (Fsp3) is 0.300. The zero-order valence-electron chi connectivity index (χ0n) is 7.53. The molecule has 0 spiro atoms. The van der Waals surface area contributed by atoms with Gasteiger partial charge in [-0.2, -0.15) is 11.8 Å². The third-order valence-corrected chi connectivity index (χ3v) is 2.67. The molecule has 0 N–H and O–H groups in total. The minimum Gasteiger partial charge on any atom is -0.550 e. The molecule has 14 heavy (non-hydrogen) atoms. The molecule has 4 heteroatoms. The number of benzene rings is 1. The number of hydrogen-bond donors (Lipinski definition) is 0. The quantitative estimate of drug-likeness (QED) is 0.690. The second-order valence-electron chi connectivity index (χ2n) is 2.77. The van der Waals surface area contributed by atoms with Gasteiger partial charge < -0.3 is 9.90 Å². The highest BCUT2D eigenvalue weighted by Crippen LogP contribution is 2.15. The highest BCUT2D eigenvalue weighted by molar-refractivity contribution is 7.98. The van der Waals surface area contributed by atoms with Gasteiger partial charge in [0.2, 0.25) is 0 Å². The second-order valence-corrected chi connectivity index (χ2v) is 3.87. The minimum absolute atomic E-state index is 0.0130. The maximum atomic E-state index is 13.0. The molecule has 0 aliphatic carbocycles. The molecule has 1 aromatic carbocycles. The Bertz CT molecular complexity index is 315. The molecule has 1 rings (SSSR count). The molecular formula is C10H10FO2S-. The van der Waals surface area contributed by atoms with E-state index in [9.17, 15) is 14.3 Å². The molecule has 0 aliphatic rings. The van der Waals surface area contributed by atoms with Gasteiger partial charge in [0.1, 0.15) is 5.82 Å². The minimum atomic E-state index is -1.06. The van der Waals surface area contributed by atoms with E-state index < -0.39 is 5.97 Å². The van der Waals surface area contributed by atoms with Gasteiger partial charge in [0, 0.05) is 11.7 Å². The molecule has 76 valence electrons. The van der Waals surface area contributed by atoms with E-state index in [1.54, 1.807) is 18.2 Å². The van der Waals surface area contributed by atoms with E-state index >= 15 is 0 Å². The van der Waals surface area contributed by atoms with Crippen molar-refractivity contribution in [3.8, 4) is 0 Å². The van der Waals surface area contributed by atoms with Crippen molar-refractivity contribution in [1.29, 1.82) is 0 Å². The third kappa shape index (κ3) is 3.79. The number of hydrogen-bond acceptors (Lipinski definition) is 3. The van der Waals surface area contributed by atoms with Crippen molar-refractivity contribution in [1.82, 2.24) is 0 Å². The molecule has 0 fully saturated rings. The van der Waals surface area contributed by atoms with Gasteiger partial charge >= 0.3 is 0 Å². The lowest BCUT2D eigenvalue weighted by atomic mass is 10.2. The van der Waals surface area contributed by atoms with Crippen molar-refractivity contribution in [3.63, 3.8) is 0 Å². The first-order chi connectivity index (χ1) is 6.70. The molecule has 0 unspecified atom stereocenters. The normalized spacial score (nSPS) is 10.1. The summed E-state index contributed by atoms with van der Waals surface area (Å²) in [5.41, 5.74) is 0.607. The van der Waals surface area contributed by atoms with Crippen LogP contribution in [0.3, 0.4) is 0 Å². The van der Waals surface area contributed by atoms with Crippen LogP contribution in [0.1, 0.15) is 12.0 Å². The lowest BCUT2D eigenvalue weighted by molar-refractivity contribution is -0.305. The molecule has 0 heterocycles. The molecule has 1 aromatic rings. The largest absolute Gasteiger partial charge is 0.550 e. The average Bonchev–Trinajstić information content (AvgIpc) is 2.15. The topological polar surface area (TPSA) is 40.1 Å². The molecule has 0 amide bonds. The summed E-state index contributed by atoms with van der Waals surface area (Å²) < 4.78 is 13.0. The Balaban J connectivity index is 2.31. The Morgan fingerprint density at radius 2 is 2.14 bits per heavy atom. The average molecular weight is 213 g/mol. The van der Waals surface area contributed by atoms with Gasteiger partial charge in [0.05, 0.1) is 0 Å². The van der Waals surface area contributed by atoms with Gasteiger partial charge in [0.25, 0.3) is 0 Å². The summed E-state index contributed by atoms with van der Waals surface area (Å²) in [5.74, 6) is -0.351. The summed E-state index contributed by atoms with van der Waals surface area (Å²) in [5, 5.41) is 10.1. The first-order valence-corrected chi connectivity index (χ1v) is 5.36. The van der Waals surface area contributed by atoms with Crippen LogP contribution < -0.4 is 5.11 Å². The van der Waals surface area contributed by atoms with Crippen LogP contribution in [0.2, 0.25) is 0 Å². The van der Waals surface area contributed by atoms with Crippen LogP contribution in [0, 0.1) is 5.82 Å². The smallest absolute Gasteiger partial charge is 0.127 e. The van der Waals surface area contributed by atoms with Gasteiger partial charge in [-0.3, -0.25) is 0 Å². The fourth-order valence-electron chi connectivity index (χ4n) is 0.953. The summed E-state index contributed by atoms with van der Waals surface area (Å²) in [6.45, 7) is 0. The molecule has 0 bridgehead atoms. The van der Waals surface area contributed by atoms with Crippen molar-refractivity contribution in [2.75, 3.05) is 5.75 Å². The monoisotopic (exact) mass is 213 g/mol. The van der Waals surface area contributed by atoms with Crippen LogP contribution in [-0.2, 0) is 10.5 Å². The van der Waals surface area contributed by atoms with Crippen LogP contribution in [0.15, 0.2) is 24.3 Å².